The average molecular weight is 216 g/mol. The summed E-state index contributed by atoms with van der Waals surface area (Å²) in [5.41, 5.74) is 0. The topological polar surface area (TPSA) is 26.3 Å². The van der Waals surface area contributed by atoms with Crippen molar-refractivity contribution < 1.29 is 9.53 Å². The van der Waals surface area contributed by atoms with Crippen LogP contribution in [0.3, 0.4) is 0 Å². The van der Waals surface area contributed by atoms with E-state index in [2.05, 4.69) is 6.58 Å². The van der Waals surface area contributed by atoms with Crippen LogP contribution < -0.4 is 0 Å². The first kappa shape index (κ1) is 12.2. The third kappa shape index (κ3) is 4.13. The minimum Gasteiger partial charge on any atom is -0.462 e. The van der Waals surface area contributed by atoms with Gasteiger partial charge in [0.25, 0.3) is 0 Å². The molecule has 2 nitrogen and oxygen atoms in total. The number of aldehydes is 1. The maximum atomic E-state index is 10.6. The van der Waals surface area contributed by atoms with Crippen LogP contribution in [0.4, 0.5) is 0 Å². The van der Waals surface area contributed by atoms with Crippen LogP contribution in [0.1, 0.15) is 13.3 Å². The van der Waals surface area contributed by atoms with Gasteiger partial charge in [0.1, 0.15) is 17.8 Å². The SMILES string of the molecule is C=C/C=C\C=C(/C)OC1=CC(C=O)CC=C1. The lowest BCUT2D eigenvalue weighted by molar-refractivity contribution is -0.109. The summed E-state index contributed by atoms with van der Waals surface area (Å²) in [4.78, 5) is 10.6. The van der Waals surface area contributed by atoms with E-state index in [0.717, 1.165) is 24.2 Å². The van der Waals surface area contributed by atoms with Gasteiger partial charge in [-0.15, -0.1) is 0 Å². The zero-order valence-electron chi connectivity index (χ0n) is 9.43. The third-order valence-corrected chi connectivity index (χ3v) is 2.10. The van der Waals surface area contributed by atoms with E-state index in [4.69, 9.17) is 4.74 Å². The Labute approximate surface area is 96.3 Å². The molecule has 0 saturated carbocycles. The van der Waals surface area contributed by atoms with Gasteiger partial charge in [0.15, 0.2) is 0 Å². The number of rotatable bonds is 5. The van der Waals surface area contributed by atoms with Gasteiger partial charge in [-0.2, -0.15) is 0 Å². The molecule has 0 saturated heterocycles. The van der Waals surface area contributed by atoms with E-state index in [-0.39, 0.29) is 5.92 Å². The summed E-state index contributed by atoms with van der Waals surface area (Å²) in [5.74, 6) is 1.45. The largest absolute Gasteiger partial charge is 0.462 e. The van der Waals surface area contributed by atoms with Crippen molar-refractivity contribution in [3.05, 3.63) is 60.6 Å². The molecule has 0 aromatic rings. The van der Waals surface area contributed by atoms with Crippen molar-refractivity contribution in [1.82, 2.24) is 0 Å². The number of carbonyl (C=O) groups is 1. The van der Waals surface area contributed by atoms with Gasteiger partial charge in [0, 0.05) is 5.92 Å². The van der Waals surface area contributed by atoms with Crippen molar-refractivity contribution in [1.29, 1.82) is 0 Å². The average Bonchev–Trinajstić information content (AvgIpc) is 2.29. The van der Waals surface area contributed by atoms with Crippen LogP contribution in [0.15, 0.2) is 60.6 Å². The van der Waals surface area contributed by atoms with Gasteiger partial charge in [-0.3, -0.25) is 0 Å². The Kier molecular flexibility index (Phi) is 5.06. The van der Waals surface area contributed by atoms with Gasteiger partial charge in [0.2, 0.25) is 0 Å². The first-order valence-electron chi connectivity index (χ1n) is 5.23. The molecule has 0 aromatic carbocycles. The first-order chi connectivity index (χ1) is 7.76. The maximum Gasteiger partial charge on any atom is 0.127 e. The number of hydrogen-bond acceptors (Lipinski definition) is 2. The summed E-state index contributed by atoms with van der Waals surface area (Å²) < 4.78 is 5.56. The minimum atomic E-state index is -0.0588. The summed E-state index contributed by atoms with van der Waals surface area (Å²) in [6.07, 6.45) is 14.6. The molecule has 1 unspecified atom stereocenters. The molecule has 84 valence electrons. The Bertz CT molecular complexity index is 370. The summed E-state index contributed by atoms with van der Waals surface area (Å²) in [6, 6.07) is 0. The summed E-state index contributed by atoms with van der Waals surface area (Å²) in [6.45, 7) is 5.44. The summed E-state index contributed by atoms with van der Waals surface area (Å²) >= 11 is 0. The van der Waals surface area contributed by atoms with Crippen LogP contribution in [0.2, 0.25) is 0 Å². The van der Waals surface area contributed by atoms with Crippen molar-refractivity contribution >= 4 is 6.29 Å². The molecule has 0 spiro atoms. The van der Waals surface area contributed by atoms with Crippen molar-refractivity contribution in [3.63, 3.8) is 0 Å². The van der Waals surface area contributed by atoms with E-state index in [0.29, 0.717) is 0 Å². The fraction of sp³-hybridized carbons (Fsp3) is 0.214. The molecule has 16 heavy (non-hydrogen) atoms. The second kappa shape index (κ2) is 6.62. The lowest BCUT2D eigenvalue weighted by Gasteiger charge is -2.12. The smallest absolute Gasteiger partial charge is 0.127 e. The third-order valence-electron chi connectivity index (χ3n) is 2.10. The molecule has 0 N–H and O–H groups in total. The van der Waals surface area contributed by atoms with Crippen LogP contribution >= 0.6 is 0 Å². The van der Waals surface area contributed by atoms with Crippen molar-refractivity contribution in [2.24, 2.45) is 5.92 Å². The summed E-state index contributed by atoms with van der Waals surface area (Å²) in [7, 11) is 0. The molecule has 0 amide bonds. The van der Waals surface area contributed by atoms with E-state index in [1.54, 1.807) is 6.08 Å². The van der Waals surface area contributed by atoms with E-state index in [1.165, 1.54) is 0 Å². The van der Waals surface area contributed by atoms with Crippen LogP contribution in [0.5, 0.6) is 0 Å². The molecule has 0 fully saturated rings. The van der Waals surface area contributed by atoms with Crippen molar-refractivity contribution in [2.75, 3.05) is 0 Å². The van der Waals surface area contributed by atoms with Gasteiger partial charge in [0.05, 0.1) is 0 Å². The van der Waals surface area contributed by atoms with Gasteiger partial charge >= 0.3 is 0 Å². The predicted molar refractivity (Wildman–Crippen MR) is 65.6 cm³/mol. The van der Waals surface area contributed by atoms with Crippen molar-refractivity contribution in [3.8, 4) is 0 Å². The molecule has 0 aliphatic heterocycles. The molecule has 1 rings (SSSR count). The number of allylic oxidation sites excluding steroid dienone is 8. The molecule has 0 bridgehead atoms. The fourth-order valence-electron chi connectivity index (χ4n) is 1.33. The Morgan fingerprint density at radius 2 is 2.38 bits per heavy atom. The summed E-state index contributed by atoms with van der Waals surface area (Å²) in [5, 5.41) is 0. The molecular formula is C14H16O2. The van der Waals surface area contributed by atoms with Gasteiger partial charge in [-0.25, -0.2) is 0 Å². The zero-order valence-corrected chi connectivity index (χ0v) is 9.43. The van der Waals surface area contributed by atoms with E-state index in [9.17, 15) is 4.79 Å². The van der Waals surface area contributed by atoms with Gasteiger partial charge < -0.3 is 9.53 Å². The number of carbonyl (C=O) groups excluding carboxylic acids is 1. The lowest BCUT2D eigenvalue weighted by Crippen LogP contribution is -2.02. The van der Waals surface area contributed by atoms with Crippen molar-refractivity contribution in [2.45, 2.75) is 13.3 Å². The molecule has 2 heteroatoms. The van der Waals surface area contributed by atoms with Crippen LogP contribution in [-0.4, -0.2) is 6.29 Å². The molecule has 1 atom stereocenters. The van der Waals surface area contributed by atoms with Crippen LogP contribution in [-0.2, 0) is 9.53 Å². The minimum absolute atomic E-state index is 0.0588. The molecule has 0 heterocycles. The Morgan fingerprint density at radius 1 is 1.56 bits per heavy atom. The fourth-order valence-corrected chi connectivity index (χ4v) is 1.33. The van der Waals surface area contributed by atoms with Crippen LogP contribution in [0, 0.1) is 5.92 Å². The number of hydrogen-bond donors (Lipinski definition) is 0. The normalized spacial score (nSPS) is 20.7. The standard InChI is InChI=1S/C14H16O2/c1-3-4-5-7-12(2)16-14-9-6-8-13(10-14)11-15/h3-7,9-11,13H,1,8H2,2H3/b5-4-,12-7+. The quantitative estimate of drug-likeness (QED) is 0.400. The highest BCUT2D eigenvalue weighted by molar-refractivity contribution is 5.58. The lowest BCUT2D eigenvalue weighted by atomic mass is 10.0. The Morgan fingerprint density at radius 3 is 3.06 bits per heavy atom. The molecular weight excluding hydrogens is 200 g/mol. The van der Waals surface area contributed by atoms with E-state index >= 15 is 0 Å². The molecule has 0 aromatic heterocycles. The highest BCUT2D eigenvalue weighted by Crippen LogP contribution is 2.18. The Balaban J connectivity index is 2.59. The van der Waals surface area contributed by atoms with Crippen LogP contribution in [0.25, 0.3) is 0 Å². The second-order valence-electron chi connectivity index (χ2n) is 3.51. The maximum absolute atomic E-state index is 10.6. The first-order valence-corrected chi connectivity index (χ1v) is 5.23. The van der Waals surface area contributed by atoms with Gasteiger partial charge in [-0.05, 0) is 31.6 Å². The molecule has 0 radical (unpaired) electrons. The second-order valence-corrected chi connectivity index (χ2v) is 3.51. The number of ether oxygens (including phenoxy) is 1. The molecule has 1 aliphatic carbocycles. The van der Waals surface area contributed by atoms with Gasteiger partial charge in [-0.1, -0.05) is 30.9 Å². The monoisotopic (exact) mass is 216 g/mol. The van der Waals surface area contributed by atoms with E-state index < -0.39 is 0 Å². The van der Waals surface area contributed by atoms with E-state index in [1.807, 2.05) is 43.4 Å². The predicted octanol–water partition coefficient (Wildman–Crippen LogP) is 3.31. The highest BCUT2D eigenvalue weighted by Gasteiger charge is 2.08. The zero-order chi connectivity index (χ0) is 11.8. The Hall–Kier alpha value is -1.83. The highest BCUT2D eigenvalue weighted by atomic mass is 16.5. The molecule has 1 aliphatic rings.